The lowest BCUT2D eigenvalue weighted by Gasteiger charge is -2.47. The fourth-order valence-corrected chi connectivity index (χ4v) is 3.96. The minimum absolute atomic E-state index is 0.0696. The summed E-state index contributed by atoms with van der Waals surface area (Å²) in [5.74, 6) is -0.139. The molecule has 2 N–H and O–H groups in total. The van der Waals surface area contributed by atoms with Crippen LogP contribution in [-0.4, -0.2) is 23.5 Å². The first-order chi connectivity index (χ1) is 9.32. The predicted octanol–water partition coefficient (Wildman–Crippen LogP) is 3.26. The van der Waals surface area contributed by atoms with Crippen LogP contribution in [0, 0.1) is 11.2 Å². The van der Waals surface area contributed by atoms with E-state index in [9.17, 15) is 4.39 Å². The molecule has 1 atom stereocenters. The van der Waals surface area contributed by atoms with Crippen molar-refractivity contribution in [2.45, 2.75) is 51.6 Å². The molecule has 1 aliphatic carbocycles. The lowest BCUT2D eigenvalue weighted by atomic mass is 9.72. The van der Waals surface area contributed by atoms with E-state index in [1.165, 1.54) is 0 Å². The zero-order valence-electron chi connectivity index (χ0n) is 12.7. The third-order valence-corrected chi connectivity index (χ3v) is 5.35. The van der Waals surface area contributed by atoms with Crippen LogP contribution in [0.4, 0.5) is 4.39 Å². The van der Waals surface area contributed by atoms with Crippen LogP contribution in [0.15, 0.2) is 18.2 Å². The molecule has 0 radical (unpaired) electrons. The van der Waals surface area contributed by atoms with Gasteiger partial charge >= 0.3 is 0 Å². The summed E-state index contributed by atoms with van der Waals surface area (Å²) in [6.07, 6.45) is 3.17. The van der Waals surface area contributed by atoms with E-state index < -0.39 is 0 Å². The van der Waals surface area contributed by atoms with Crippen molar-refractivity contribution in [2.75, 3.05) is 13.1 Å². The van der Waals surface area contributed by atoms with Crippen LogP contribution >= 0.6 is 0 Å². The van der Waals surface area contributed by atoms with Gasteiger partial charge in [0.1, 0.15) is 5.82 Å². The average molecular weight is 276 g/mol. The van der Waals surface area contributed by atoms with Gasteiger partial charge in [-0.2, -0.15) is 0 Å². The standard InChI is InChI=1S/C17H25FN2/c1-16(2,3)20-8-6-17(7-9-20)11-12-10-13(18)4-5-14(12)15(17)19/h4-5,10,15H,6-9,11,19H2,1-3H3/t15-/m1/s1. The second-order valence-corrected chi connectivity index (χ2v) is 7.52. The van der Waals surface area contributed by atoms with Crippen molar-refractivity contribution in [1.29, 1.82) is 0 Å². The Kier molecular flexibility index (Phi) is 3.18. The number of fused-ring (bicyclic) bond motifs is 1. The molecule has 20 heavy (non-hydrogen) atoms. The Hall–Kier alpha value is -0.930. The summed E-state index contributed by atoms with van der Waals surface area (Å²) in [6.45, 7) is 8.98. The van der Waals surface area contributed by atoms with Gasteiger partial charge in [-0.1, -0.05) is 6.07 Å². The fraction of sp³-hybridized carbons (Fsp3) is 0.647. The fourth-order valence-electron chi connectivity index (χ4n) is 3.96. The molecular formula is C17H25FN2. The van der Waals surface area contributed by atoms with Gasteiger partial charge in [0.2, 0.25) is 0 Å². The Morgan fingerprint density at radius 2 is 1.90 bits per heavy atom. The summed E-state index contributed by atoms with van der Waals surface area (Å²) < 4.78 is 13.4. The minimum atomic E-state index is -0.139. The number of hydrogen-bond acceptors (Lipinski definition) is 2. The summed E-state index contributed by atoms with van der Waals surface area (Å²) in [5.41, 5.74) is 9.18. The van der Waals surface area contributed by atoms with E-state index in [0.717, 1.165) is 43.5 Å². The third-order valence-electron chi connectivity index (χ3n) is 5.35. The quantitative estimate of drug-likeness (QED) is 0.788. The summed E-state index contributed by atoms with van der Waals surface area (Å²) in [5, 5.41) is 0. The van der Waals surface area contributed by atoms with Crippen LogP contribution < -0.4 is 5.73 Å². The van der Waals surface area contributed by atoms with Gasteiger partial charge < -0.3 is 5.73 Å². The van der Waals surface area contributed by atoms with E-state index in [0.29, 0.717) is 0 Å². The van der Waals surface area contributed by atoms with Gasteiger partial charge in [0, 0.05) is 11.6 Å². The number of likely N-dealkylation sites (tertiary alicyclic amines) is 1. The van der Waals surface area contributed by atoms with Crippen LogP contribution in [-0.2, 0) is 6.42 Å². The molecule has 0 bridgehead atoms. The van der Waals surface area contributed by atoms with E-state index in [1.807, 2.05) is 6.07 Å². The number of rotatable bonds is 0. The second kappa shape index (κ2) is 4.54. The Labute approximate surface area is 121 Å². The molecule has 0 saturated carbocycles. The SMILES string of the molecule is CC(C)(C)N1CCC2(CC1)Cc1cc(F)ccc1[C@H]2N. The molecule has 2 nitrogen and oxygen atoms in total. The summed E-state index contributed by atoms with van der Waals surface area (Å²) in [4.78, 5) is 2.54. The number of hydrogen-bond donors (Lipinski definition) is 1. The Morgan fingerprint density at radius 1 is 1.25 bits per heavy atom. The van der Waals surface area contributed by atoms with E-state index in [4.69, 9.17) is 5.73 Å². The molecule has 1 saturated heterocycles. The highest BCUT2D eigenvalue weighted by Crippen LogP contribution is 2.51. The van der Waals surface area contributed by atoms with Gasteiger partial charge in [0.15, 0.2) is 0 Å². The van der Waals surface area contributed by atoms with Crippen LogP contribution in [0.1, 0.15) is 50.8 Å². The molecule has 110 valence electrons. The Balaban J connectivity index is 1.81. The summed E-state index contributed by atoms with van der Waals surface area (Å²) in [6, 6.07) is 5.18. The van der Waals surface area contributed by atoms with Crippen molar-refractivity contribution in [1.82, 2.24) is 4.90 Å². The van der Waals surface area contributed by atoms with Gasteiger partial charge in [-0.05, 0) is 81.8 Å². The largest absolute Gasteiger partial charge is 0.323 e. The van der Waals surface area contributed by atoms with Crippen molar-refractivity contribution < 1.29 is 4.39 Å². The molecule has 1 spiro atoms. The van der Waals surface area contributed by atoms with E-state index in [-0.39, 0.29) is 22.8 Å². The smallest absolute Gasteiger partial charge is 0.123 e. The molecule has 0 amide bonds. The zero-order chi connectivity index (χ0) is 14.5. The highest BCUT2D eigenvalue weighted by Gasteiger charge is 2.46. The highest BCUT2D eigenvalue weighted by molar-refractivity contribution is 5.38. The van der Waals surface area contributed by atoms with Crippen LogP contribution in [0.25, 0.3) is 0 Å². The molecule has 1 fully saturated rings. The van der Waals surface area contributed by atoms with Crippen molar-refractivity contribution in [3.63, 3.8) is 0 Å². The Morgan fingerprint density at radius 3 is 2.50 bits per heavy atom. The monoisotopic (exact) mass is 276 g/mol. The zero-order valence-corrected chi connectivity index (χ0v) is 12.7. The maximum absolute atomic E-state index is 13.4. The molecule has 1 heterocycles. The van der Waals surface area contributed by atoms with Crippen LogP contribution in [0.2, 0.25) is 0 Å². The number of halogens is 1. The Bertz CT molecular complexity index is 510. The number of piperidine rings is 1. The second-order valence-electron chi connectivity index (χ2n) is 7.52. The first-order valence-electron chi connectivity index (χ1n) is 7.61. The lowest BCUT2D eigenvalue weighted by molar-refractivity contribution is 0.0345. The first-order valence-corrected chi connectivity index (χ1v) is 7.61. The maximum Gasteiger partial charge on any atom is 0.123 e. The molecule has 0 aromatic heterocycles. The normalized spacial score (nSPS) is 25.9. The summed E-state index contributed by atoms with van der Waals surface area (Å²) >= 11 is 0. The van der Waals surface area contributed by atoms with Gasteiger partial charge in [-0.25, -0.2) is 4.39 Å². The van der Waals surface area contributed by atoms with E-state index >= 15 is 0 Å². The number of nitrogens with zero attached hydrogens (tertiary/aromatic N) is 1. The van der Waals surface area contributed by atoms with E-state index in [1.54, 1.807) is 12.1 Å². The molecule has 2 aliphatic rings. The molecule has 1 aromatic carbocycles. The topological polar surface area (TPSA) is 29.3 Å². The van der Waals surface area contributed by atoms with Crippen molar-refractivity contribution in [2.24, 2.45) is 11.1 Å². The van der Waals surface area contributed by atoms with Gasteiger partial charge in [0.05, 0.1) is 0 Å². The average Bonchev–Trinajstić information content (AvgIpc) is 2.61. The number of nitrogens with two attached hydrogens (primary N) is 1. The molecular weight excluding hydrogens is 251 g/mol. The maximum atomic E-state index is 13.4. The number of benzene rings is 1. The van der Waals surface area contributed by atoms with Crippen molar-refractivity contribution in [3.8, 4) is 0 Å². The first kappa shape index (κ1) is 14.0. The predicted molar refractivity (Wildman–Crippen MR) is 80.0 cm³/mol. The molecule has 3 heteroatoms. The molecule has 1 aliphatic heterocycles. The molecule has 1 aromatic rings. The molecule has 0 unspecified atom stereocenters. The van der Waals surface area contributed by atoms with Gasteiger partial charge in [0.25, 0.3) is 0 Å². The van der Waals surface area contributed by atoms with Crippen molar-refractivity contribution >= 4 is 0 Å². The molecule has 3 rings (SSSR count). The summed E-state index contributed by atoms with van der Waals surface area (Å²) in [7, 11) is 0. The van der Waals surface area contributed by atoms with Crippen LogP contribution in [0.3, 0.4) is 0 Å². The van der Waals surface area contributed by atoms with E-state index in [2.05, 4.69) is 25.7 Å². The third kappa shape index (κ3) is 2.17. The minimum Gasteiger partial charge on any atom is -0.323 e. The highest BCUT2D eigenvalue weighted by atomic mass is 19.1. The van der Waals surface area contributed by atoms with Crippen molar-refractivity contribution in [3.05, 3.63) is 35.1 Å². The van der Waals surface area contributed by atoms with Crippen LogP contribution in [0.5, 0.6) is 0 Å². The van der Waals surface area contributed by atoms with Gasteiger partial charge in [-0.15, -0.1) is 0 Å². The lowest BCUT2D eigenvalue weighted by Crippen LogP contribution is -2.50. The van der Waals surface area contributed by atoms with Gasteiger partial charge in [-0.3, -0.25) is 4.90 Å².